The van der Waals surface area contributed by atoms with Crippen molar-refractivity contribution in [2.24, 2.45) is 0 Å². The largest absolute Gasteiger partial charge is 0.497 e. The first-order valence-corrected chi connectivity index (χ1v) is 10.5. The summed E-state index contributed by atoms with van der Waals surface area (Å²) in [7, 11) is 1.63. The summed E-state index contributed by atoms with van der Waals surface area (Å²) in [6, 6.07) is 11.8. The molecule has 1 amide bonds. The van der Waals surface area contributed by atoms with Crippen LogP contribution < -0.4 is 9.47 Å². The van der Waals surface area contributed by atoms with E-state index in [0.717, 1.165) is 68.9 Å². The van der Waals surface area contributed by atoms with Crippen molar-refractivity contribution in [1.29, 1.82) is 0 Å². The average Bonchev–Trinajstić information content (AvgIpc) is 2.80. The summed E-state index contributed by atoms with van der Waals surface area (Å²) in [5, 5.41) is 0. The Morgan fingerprint density at radius 1 is 0.897 bits per heavy atom. The summed E-state index contributed by atoms with van der Waals surface area (Å²) in [4.78, 5) is 21.4. The first kappa shape index (κ1) is 19.7. The molecule has 0 N–H and O–H groups in total. The Morgan fingerprint density at radius 2 is 1.55 bits per heavy atom. The van der Waals surface area contributed by atoms with E-state index in [1.807, 2.05) is 41.3 Å². The van der Waals surface area contributed by atoms with Gasteiger partial charge in [0.1, 0.15) is 17.6 Å². The van der Waals surface area contributed by atoms with Crippen LogP contribution in [0.5, 0.6) is 11.5 Å². The quantitative estimate of drug-likeness (QED) is 0.778. The fourth-order valence-electron chi connectivity index (χ4n) is 4.32. The van der Waals surface area contributed by atoms with Gasteiger partial charge in [-0.1, -0.05) is 0 Å². The summed E-state index contributed by atoms with van der Waals surface area (Å²) >= 11 is 0. The molecule has 2 fully saturated rings. The first-order chi connectivity index (χ1) is 14.2. The van der Waals surface area contributed by atoms with E-state index in [4.69, 9.17) is 9.47 Å². The number of likely N-dealkylation sites (tertiary alicyclic amines) is 2. The zero-order valence-electron chi connectivity index (χ0n) is 17.0. The van der Waals surface area contributed by atoms with Gasteiger partial charge in [-0.2, -0.15) is 0 Å². The number of amides is 1. The average molecular weight is 396 g/mol. The van der Waals surface area contributed by atoms with Crippen molar-refractivity contribution in [3.05, 3.63) is 54.4 Å². The molecule has 1 aromatic heterocycles. The van der Waals surface area contributed by atoms with Crippen LogP contribution in [0, 0.1) is 0 Å². The van der Waals surface area contributed by atoms with Crippen molar-refractivity contribution in [3.8, 4) is 11.5 Å². The SMILES string of the molecule is COc1ccc(C(=O)N2CCC(N3CCC(Oc4ccncc4)CC3)CC2)cc1. The van der Waals surface area contributed by atoms with Crippen molar-refractivity contribution in [1.82, 2.24) is 14.8 Å². The monoisotopic (exact) mass is 395 g/mol. The molecule has 0 unspecified atom stereocenters. The molecule has 6 heteroatoms. The molecule has 0 atom stereocenters. The van der Waals surface area contributed by atoms with Crippen molar-refractivity contribution in [3.63, 3.8) is 0 Å². The Balaban J connectivity index is 1.23. The second-order valence-electron chi connectivity index (χ2n) is 7.79. The fourth-order valence-corrected chi connectivity index (χ4v) is 4.32. The highest BCUT2D eigenvalue weighted by molar-refractivity contribution is 5.94. The van der Waals surface area contributed by atoms with Crippen LogP contribution in [-0.4, -0.2) is 66.1 Å². The molecule has 154 valence electrons. The molecule has 2 aromatic rings. The van der Waals surface area contributed by atoms with Gasteiger partial charge in [0.25, 0.3) is 5.91 Å². The standard InChI is InChI=1S/C23H29N3O3/c1-28-20-4-2-18(3-5-20)23(27)26-14-8-19(9-15-26)25-16-10-22(11-17-25)29-21-6-12-24-13-7-21/h2-7,12-13,19,22H,8-11,14-17H2,1H3. The molecular weight excluding hydrogens is 366 g/mol. The Labute approximate surface area is 172 Å². The maximum Gasteiger partial charge on any atom is 0.253 e. The highest BCUT2D eigenvalue weighted by atomic mass is 16.5. The van der Waals surface area contributed by atoms with E-state index in [-0.39, 0.29) is 12.0 Å². The highest BCUT2D eigenvalue weighted by Crippen LogP contribution is 2.24. The zero-order valence-corrected chi connectivity index (χ0v) is 17.0. The van der Waals surface area contributed by atoms with E-state index in [1.165, 1.54) is 0 Å². The molecule has 0 spiro atoms. The Morgan fingerprint density at radius 3 is 2.17 bits per heavy atom. The van der Waals surface area contributed by atoms with E-state index in [9.17, 15) is 4.79 Å². The van der Waals surface area contributed by atoms with Gasteiger partial charge in [-0.25, -0.2) is 0 Å². The van der Waals surface area contributed by atoms with Gasteiger partial charge in [0.05, 0.1) is 7.11 Å². The van der Waals surface area contributed by atoms with Gasteiger partial charge in [-0.15, -0.1) is 0 Å². The van der Waals surface area contributed by atoms with E-state index < -0.39 is 0 Å². The molecule has 1 aromatic carbocycles. The molecule has 4 rings (SSSR count). The van der Waals surface area contributed by atoms with E-state index in [1.54, 1.807) is 19.5 Å². The van der Waals surface area contributed by atoms with Crippen LogP contribution >= 0.6 is 0 Å². The fraction of sp³-hybridized carbons (Fsp3) is 0.478. The highest BCUT2D eigenvalue weighted by Gasteiger charge is 2.30. The second kappa shape index (κ2) is 9.27. The number of carbonyl (C=O) groups excluding carboxylic acids is 1. The third-order valence-corrected chi connectivity index (χ3v) is 6.03. The van der Waals surface area contributed by atoms with Crippen molar-refractivity contribution >= 4 is 5.91 Å². The van der Waals surface area contributed by atoms with Crippen molar-refractivity contribution in [2.75, 3.05) is 33.3 Å². The van der Waals surface area contributed by atoms with Crippen LogP contribution in [0.2, 0.25) is 0 Å². The second-order valence-corrected chi connectivity index (χ2v) is 7.79. The zero-order chi connectivity index (χ0) is 20.1. The third-order valence-electron chi connectivity index (χ3n) is 6.03. The lowest BCUT2D eigenvalue weighted by atomic mass is 9.98. The number of pyridine rings is 1. The van der Waals surface area contributed by atoms with Gasteiger partial charge in [0.2, 0.25) is 0 Å². The lowest BCUT2D eigenvalue weighted by molar-refractivity contribution is 0.0425. The van der Waals surface area contributed by atoms with E-state index in [2.05, 4.69) is 9.88 Å². The predicted molar refractivity (Wildman–Crippen MR) is 111 cm³/mol. The van der Waals surface area contributed by atoms with E-state index >= 15 is 0 Å². The Hall–Kier alpha value is -2.60. The van der Waals surface area contributed by atoms with Crippen LogP contribution in [-0.2, 0) is 0 Å². The molecule has 6 nitrogen and oxygen atoms in total. The van der Waals surface area contributed by atoms with Crippen molar-refractivity contribution in [2.45, 2.75) is 37.8 Å². The smallest absolute Gasteiger partial charge is 0.253 e. The summed E-state index contributed by atoms with van der Waals surface area (Å²) in [6.45, 7) is 3.77. The van der Waals surface area contributed by atoms with Gasteiger partial charge >= 0.3 is 0 Å². The van der Waals surface area contributed by atoms with Crippen LogP contribution in [0.1, 0.15) is 36.0 Å². The summed E-state index contributed by atoms with van der Waals surface area (Å²) in [5.74, 6) is 1.80. The van der Waals surface area contributed by atoms with Crippen LogP contribution in [0.25, 0.3) is 0 Å². The molecule has 0 bridgehead atoms. The Bertz CT molecular complexity index is 781. The maximum atomic E-state index is 12.7. The minimum absolute atomic E-state index is 0.121. The summed E-state index contributed by atoms with van der Waals surface area (Å²) in [5.41, 5.74) is 0.735. The minimum atomic E-state index is 0.121. The molecule has 0 aliphatic carbocycles. The number of rotatable bonds is 5. The topological polar surface area (TPSA) is 54.9 Å². The predicted octanol–water partition coefficient (Wildman–Crippen LogP) is 3.24. The molecule has 2 saturated heterocycles. The third kappa shape index (κ3) is 4.88. The lowest BCUT2D eigenvalue weighted by Gasteiger charge is -2.41. The van der Waals surface area contributed by atoms with Gasteiger partial charge in [-0.05, 0) is 62.1 Å². The summed E-state index contributed by atoms with van der Waals surface area (Å²) < 4.78 is 11.3. The molecule has 3 heterocycles. The number of aromatic nitrogens is 1. The molecule has 2 aliphatic heterocycles. The lowest BCUT2D eigenvalue weighted by Crippen LogP contribution is -2.50. The molecule has 2 aliphatic rings. The number of nitrogens with zero attached hydrogens (tertiary/aromatic N) is 3. The number of methoxy groups -OCH3 is 1. The molecular formula is C23H29N3O3. The van der Waals surface area contributed by atoms with Crippen LogP contribution in [0.3, 0.4) is 0 Å². The number of hydrogen-bond donors (Lipinski definition) is 0. The number of hydrogen-bond acceptors (Lipinski definition) is 5. The maximum absolute atomic E-state index is 12.7. The van der Waals surface area contributed by atoms with Gasteiger partial charge < -0.3 is 14.4 Å². The molecule has 29 heavy (non-hydrogen) atoms. The summed E-state index contributed by atoms with van der Waals surface area (Å²) in [6.07, 6.45) is 8.00. The normalized spacial score (nSPS) is 19.1. The van der Waals surface area contributed by atoms with Gasteiger partial charge in [-0.3, -0.25) is 14.7 Å². The molecule has 0 radical (unpaired) electrons. The van der Waals surface area contributed by atoms with E-state index in [0.29, 0.717) is 6.04 Å². The number of benzene rings is 1. The number of ether oxygens (including phenoxy) is 2. The van der Waals surface area contributed by atoms with Gasteiger partial charge in [0.15, 0.2) is 0 Å². The van der Waals surface area contributed by atoms with Crippen molar-refractivity contribution < 1.29 is 14.3 Å². The van der Waals surface area contributed by atoms with Crippen LogP contribution in [0.4, 0.5) is 0 Å². The number of piperidine rings is 2. The van der Waals surface area contributed by atoms with Gasteiger partial charge in [0, 0.05) is 50.2 Å². The number of carbonyl (C=O) groups is 1. The first-order valence-electron chi connectivity index (χ1n) is 10.5. The van der Waals surface area contributed by atoms with Crippen LogP contribution in [0.15, 0.2) is 48.8 Å². The molecule has 0 saturated carbocycles. The Kier molecular flexibility index (Phi) is 6.30. The minimum Gasteiger partial charge on any atom is -0.497 e.